The van der Waals surface area contributed by atoms with Gasteiger partial charge in [-0.3, -0.25) is 9.69 Å². The Morgan fingerprint density at radius 2 is 2.00 bits per heavy atom. The summed E-state index contributed by atoms with van der Waals surface area (Å²) in [7, 11) is 0. The van der Waals surface area contributed by atoms with Crippen LogP contribution in [0.1, 0.15) is 18.4 Å². The topological polar surface area (TPSA) is 53.6 Å². The second-order valence-electron chi connectivity index (χ2n) is 6.62. The van der Waals surface area contributed by atoms with Crippen molar-refractivity contribution in [2.75, 3.05) is 39.3 Å². The van der Waals surface area contributed by atoms with E-state index in [4.69, 9.17) is 16.3 Å². The van der Waals surface area contributed by atoms with Crippen LogP contribution < -0.4 is 10.6 Å². The first-order valence-electron chi connectivity index (χ1n) is 8.78. The Labute approximate surface area is 173 Å². The number of ether oxygens (including phenoxy) is 1. The first kappa shape index (κ1) is 23.5. The molecule has 5 nitrogen and oxygen atoms in total. The Hall–Kier alpha value is -0.560. The number of piperidine rings is 1. The van der Waals surface area contributed by atoms with Gasteiger partial charge in [-0.25, -0.2) is 0 Å². The maximum absolute atomic E-state index is 12.1. The highest BCUT2D eigenvalue weighted by molar-refractivity contribution is 6.31. The summed E-state index contributed by atoms with van der Waals surface area (Å²) < 4.78 is 5.48. The number of likely N-dealkylation sites (tertiary alicyclic amines) is 1. The molecule has 0 bridgehead atoms. The van der Waals surface area contributed by atoms with Gasteiger partial charge >= 0.3 is 0 Å². The molecule has 0 aliphatic carbocycles. The van der Waals surface area contributed by atoms with Gasteiger partial charge in [-0.1, -0.05) is 29.8 Å². The van der Waals surface area contributed by atoms with Gasteiger partial charge in [0.15, 0.2) is 0 Å². The van der Waals surface area contributed by atoms with Crippen LogP contribution in [-0.2, 0) is 16.1 Å². The molecule has 0 aromatic heterocycles. The Balaban J connectivity index is 0.00000169. The van der Waals surface area contributed by atoms with Crippen LogP contribution in [0.25, 0.3) is 0 Å². The van der Waals surface area contributed by atoms with Crippen LogP contribution in [0, 0.1) is 5.92 Å². The fraction of sp³-hybridized carbons (Fsp3) is 0.611. The van der Waals surface area contributed by atoms with E-state index in [2.05, 4.69) is 21.6 Å². The number of carbonyl (C=O) groups excluding carboxylic acids is 1. The van der Waals surface area contributed by atoms with Crippen LogP contribution in [0.5, 0.6) is 0 Å². The van der Waals surface area contributed by atoms with E-state index in [0.717, 1.165) is 50.6 Å². The summed E-state index contributed by atoms with van der Waals surface area (Å²) in [6.45, 7) is 5.80. The van der Waals surface area contributed by atoms with Crippen LogP contribution in [0.2, 0.25) is 5.02 Å². The number of carbonyl (C=O) groups is 1. The van der Waals surface area contributed by atoms with Gasteiger partial charge in [0.05, 0.1) is 6.61 Å². The number of nitrogens with zero attached hydrogens (tertiary/aromatic N) is 1. The van der Waals surface area contributed by atoms with Crippen LogP contribution in [0.3, 0.4) is 0 Å². The van der Waals surface area contributed by atoms with Gasteiger partial charge in [0.1, 0.15) is 6.10 Å². The smallest absolute Gasteiger partial charge is 0.250 e. The predicted octanol–water partition coefficient (Wildman–Crippen LogP) is 2.50. The lowest BCUT2D eigenvalue weighted by atomic mass is 9.96. The first-order valence-corrected chi connectivity index (χ1v) is 9.16. The molecular formula is C18H28Cl3N3O2. The molecule has 2 saturated heterocycles. The summed E-state index contributed by atoms with van der Waals surface area (Å²) >= 11 is 6.24. The number of halogens is 3. The van der Waals surface area contributed by atoms with Gasteiger partial charge < -0.3 is 15.4 Å². The number of morpholine rings is 1. The molecular weight excluding hydrogens is 397 g/mol. The highest BCUT2D eigenvalue weighted by atomic mass is 35.5. The summed E-state index contributed by atoms with van der Waals surface area (Å²) in [4.78, 5) is 14.5. The van der Waals surface area contributed by atoms with Gasteiger partial charge in [0.2, 0.25) is 5.91 Å². The fourth-order valence-electron chi connectivity index (χ4n) is 3.31. The SMILES string of the molecule is Cl.Cl.O=C(NCC1CCN(Cc2ccccc2Cl)CC1)C1CNCCO1. The highest BCUT2D eigenvalue weighted by Gasteiger charge is 2.24. The lowest BCUT2D eigenvalue weighted by molar-refractivity contribution is -0.134. The zero-order chi connectivity index (χ0) is 16.8. The molecule has 2 N–H and O–H groups in total. The number of hydrogen-bond acceptors (Lipinski definition) is 4. The highest BCUT2D eigenvalue weighted by Crippen LogP contribution is 2.22. The van der Waals surface area contributed by atoms with E-state index in [1.807, 2.05) is 18.2 Å². The number of rotatable bonds is 5. The normalized spacial score (nSPS) is 21.3. The van der Waals surface area contributed by atoms with Crippen LogP contribution in [0.15, 0.2) is 24.3 Å². The van der Waals surface area contributed by atoms with E-state index in [1.54, 1.807) is 0 Å². The van der Waals surface area contributed by atoms with Crippen molar-refractivity contribution in [2.45, 2.75) is 25.5 Å². The van der Waals surface area contributed by atoms with Crippen molar-refractivity contribution in [3.8, 4) is 0 Å². The van der Waals surface area contributed by atoms with E-state index in [-0.39, 0.29) is 36.8 Å². The summed E-state index contributed by atoms with van der Waals surface area (Å²) in [5, 5.41) is 7.08. The standard InChI is InChI=1S/C18H26ClN3O2.2ClH/c19-16-4-2-1-3-15(16)13-22-8-5-14(6-9-22)11-21-18(23)17-12-20-7-10-24-17;;/h1-4,14,17,20H,5-13H2,(H,21,23);2*1H. The third kappa shape index (κ3) is 6.87. The van der Waals surface area contributed by atoms with Crippen LogP contribution >= 0.6 is 36.4 Å². The van der Waals surface area contributed by atoms with Crippen molar-refractivity contribution in [1.29, 1.82) is 0 Å². The average molecular weight is 425 g/mol. The maximum atomic E-state index is 12.1. The summed E-state index contributed by atoms with van der Waals surface area (Å²) in [6.07, 6.45) is 1.88. The van der Waals surface area contributed by atoms with Crippen molar-refractivity contribution < 1.29 is 9.53 Å². The molecule has 2 aliphatic rings. The number of amides is 1. The fourth-order valence-corrected chi connectivity index (χ4v) is 3.50. The molecule has 0 saturated carbocycles. The van der Waals surface area contributed by atoms with Crippen molar-refractivity contribution in [3.05, 3.63) is 34.9 Å². The Bertz CT molecular complexity index is 548. The molecule has 1 aromatic rings. The molecule has 1 aromatic carbocycles. The minimum Gasteiger partial charge on any atom is -0.366 e. The molecule has 2 heterocycles. The molecule has 1 unspecified atom stereocenters. The van der Waals surface area contributed by atoms with Crippen molar-refractivity contribution in [1.82, 2.24) is 15.5 Å². The molecule has 1 amide bonds. The van der Waals surface area contributed by atoms with Gasteiger partial charge in [0.25, 0.3) is 0 Å². The van der Waals surface area contributed by atoms with Gasteiger partial charge in [-0.05, 0) is 43.5 Å². The van der Waals surface area contributed by atoms with E-state index in [0.29, 0.717) is 19.1 Å². The van der Waals surface area contributed by atoms with Crippen molar-refractivity contribution in [2.24, 2.45) is 5.92 Å². The number of hydrogen-bond donors (Lipinski definition) is 2. The number of benzene rings is 1. The second kappa shape index (κ2) is 12.0. The molecule has 2 fully saturated rings. The summed E-state index contributed by atoms with van der Waals surface area (Å²) in [6, 6.07) is 8.03. The zero-order valence-corrected chi connectivity index (χ0v) is 17.2. The lowest BCUT2D eigenvalue weighted by Crippen LogP contribution is -2.49. The summed E-state index contributed by atoms with van der Waals surface area (Å²) in [5.41, 5.74) is 1.19. The van der Waals surface area contributed by atoms with Crippen LogP contribution in [-0.4, -0.2) is 56.2 Å². The minimum absolute atomic E-state index is 0. The molecule has 1 atom stereocenters. The largest absolute Gasteiger partial charge is 0.366 e. The van der Waals surface area contributed by atoms with Gasteiger partial charge in [0, 0.05) is 31.2 Å². The minimum atomic E-state index is -0.334. The monoisotopic (exact) mass is 423 g/mol. The molecule has 26 heavy (non-hydrogen) atoms. The third-order valence-corrected chi connectivity index (χ3v) is 5.21. The van der Waals surface area contributed by atoms with Gasteiger partial charge in [-0.15, -0.1) is 24.8 Å². The maximum Gasteiger partial charge on any atom is 0.250 e. The molecule has 8 heteroatoms. The third-order valence-electron chi connectivity index (χ3n) is 4.84. The van der Waals surface area contributed by atoms with Crippen LogP contribution in [0.4, 0.5) is 0 Å². The zero-order valence-electron chi connectivity index (χ0n) is 14.8. The molecule has 0 radical (unpaired) electrons. The van der Waals surface area contributed by atoms with E-state index in [9.17, 15) is 4.79 Å². The quantitative estimate of drug-likeness (QED) is 0.762. The molecule has 148 valence electrons. The van der Waals surface area contributed by atoms with Gasteiger partial charge in [-0.2, -0.15) is 0 Å². The lowest BCUT2D eigenvalue weighted by Gasteiger charge is -2.32. The number of nitrogens with one attached hydrogen (secondary N) is 2. The Morgan fingerprint density at radius 3 is 2.65 bits per heavy atom. The molecule has 0 spiro atoms. The Kier molecular flexibility index (Phi) is 10.8. The van der Waals surface area contributed by atoms with E-state index < -0.39 is 0 Å². The molecule has 2 aliphatic heterocycles. The Morgan fingerprint density at radius 1 is 1.27 bits per heavy atom. The summed E-state index contributed by atoms with van der Waals surface area (Å²) in [5.74, 6) is 0.564. The first-order chi connectivity index (χ1) is 11.7. The van der Waals surface area contributed by atoms with E-state index >= 15 is 0 Å². The van der Waals surface area contributed by atoms with Crippen molar-refractivity contribution >= 4 is 42.3 Å². The average Bonchev–Trinajstić information content (AvgIpc) is 2.63. The van der Waals surface area contributed by atoms with E-state index in [1.165, 1.54) is 5.56 Å². The second-order valence-corrected chi connectivity index (χ2v) is 7.03. The van der Waals surface area contributed by atoms with Crippen molar-refractivity contribution in [3.63, 3.8) is 0 Å². The predicted molar refractivity (Wildman–Crippen MR) is 110 cm³/mol. The molecule has 3 rings (SSSR count).